The summed E-state index contributed by atoms with van der Waals surface area (Å²) in [5.41, 5.74) is 0.758. The van der Waals surface area contributed by atoms with Crippen molar-refractivity contribution < 1.29 is 19.1 Å². The summed E-state index contributed by atoms with van der Waals surface area (Å²) >= 11 is 13.2. The molecule has 0 amide bonds. The van der Waals surface area contributed by atoms with E-state index in [-0.39, 0.29) is 57.4 Å². The highest BCUT2D eigenvalue weighted by Crippen LogP contribution is 2.36. The van der Waals surface area contributed by atoms with E-state index in [1.807, 2.05) is 0 Å². The van der Waals surface area contributed by atoms with E-state index in [2.05, 4.69) is 30.7 Å². The second kappa shape index (κ2) is 15.7. The average Bonchev–Trinajstić information content (AvgIpc) is 3.67. The van der Waals surface area contributed by atoms with Crippen molar-refractivity contribution in [3.63, 3.8) is 0 Å². The lowest BCUT2D eigenvalue weighted by Crippen LogP contribution is -2.13. The van der Waals surface area contributed by atoms with E-state index in [0.717, 1.165) is 0 Å². The van der Waals surface area contributed by atoms with Crippen LogP contribution in [0.4, 0.5) is 22.7 Å². The summed E-state index contributed by atoms with van der Waals surface area (Å²) in [6.45, 7) is 3.48. The first-order valence-corrected chi connectivity index (χ1v) is 16.5. The molecule has 2 heterocycles. The third-order valence-corrected chi connectivity index (χ3v) is 8.07. The lowest BCUT2D eigenvalue weighted by molar-refractivity contribution is 0.0510. The molecule has 4 aromatic carbocycles. The Hall–Kier alpha value is -6.38. The molecule has 52 heavy (non-hydrogen) atoms. The van der Waals surface area contributed by atoms with Gasteiger partial charge in [-0.15, -0.1) is 20.5 Å². The Morgan fingerprint density at radius 2 is 0.981 bits per heavy atom. The van der Waals surface area contributed by atoms with Crippen molar-refractivity contribution in [1.29, 1.82) is 0 Å². The van der Waals surface area contributed by atoms with Gasteiger partial charge in [-0.1, -0.05) is 71.7 Å². The van der Waals surface area contributed by atoms with Gasteiger partial charge >= 0.3 is 11.9 Å². The first-order chi connectivity index (χ1) is 25.2. The summed E-state index contributed by atoms with van der Waals surface area (Å²) in [6.07, 6.45) is 0. The number of rotatable bonds is 11. The Morgan fingerprint density at radius 3 is 1.33 bits per heavy atom. The topological polar surface area (TPSA) is 178 Å². The number of nitrogens with zero attached hydrogens (tertiary/aromatic N) is 6. The van der Waals surface area contributed by atoms with E-state index in [1.165, 1.54) is 9.36 Å². The monoisotopic (exact) mass is 738 g/mol. The SMILES string of the molecule is CCOC(=O)c1[nH]n(-c2ccccc2)c(=O)c1N=Nc1ccc(-c2ccc(N=Nc3c(C(=O)OCC)[nH]n(-c4ccccc4)c3=O)c(Cl)c2)cc1Cl. The number of para-hydroxylation sites is 2. The zero-order valence-corrected chi connectivity index (χ0v) is 29.1. The van der Waals surface area contributed by atoms with Crippen molar-refractivity contribution in [2.75, 3.05) is 13.2 Å². The molecule has 0 fully saturated rings. The standard InChI is InChI=1S/C36H28Cl2N8O6/c1-3-51-35(49)31-29(33(47)45(43-31)23-11-7-5-8-12-23)41-39-27-17-15-21(19-25(27)37)22-16-18-28(26(38)20-22)40-42-30-32(36(50)52-4-2)44-46(34(30)48)24-13-9-6-10-14-24/h5-20,43-44H,3-4H2,1-2H3. The zero-order valence-electron chi connectivity index (χ0n) is 27.5. The van der Waals surface area contributed by atoms with Gasteiger partial charge in [0.05, 0.1) is 34.6 Å². The number of nitrogens with one attached hydrogen (secondary N) is 2. The largest absolute Gasteiger partial charge is 0.461 e. The molecule has 0 spiro atoms. The lowest BCUT2D eigenvalue weighted by atomic mass is 10.1. The normalized spacial score (nSPS) is 11.4. The number of benzene rings is 4. The number of aromatic nitrogens is 4. The molecule has 6 aromatic rings. The number of esters is 2. The van der Waals surface area contributed by atoms with Crippen LogP contribution in [0.15, 0.2) is 127 Å². The molecular formula is C36H28Cl2N8O6. The fourth-order valence-electron chi connectivity index (χ4n) is 4.99. The molecule has 14 nitrogen and oxygen atoms in total. The van der Waals surface area contributed by atoms with E-state index in [0.29, 0.717) is 22.5 Å². The van der Waals surface area contributed by atoms with Gasteiger partial charge in [-0.25, -0.2) is 19.0 Å². The van der Waals surface area contributed by atoms with Crippen molar-refractivity contribution in [2.45, 2.75) is 13.8 Å². The van der Waals surface area contributed by atoms with Crippen LogP contribution in [0.3, 0.4) is 0 Å². The van der Waals surface area contributed by atoms with Gasteiger partial charge in [-0.05, 0) is 73.5 Å². The molecule has 0 aliphatic rings. The van der Waals surface area contributed by atoms with Gasteiger partial charge in [-0.3, -0.25) is 19.8 Å². The number of hydrogen-bond acceptors (Lipinski definition) is 10. The number of carbonyl (C=O) groups is 2. The van der Waals surface area contributed by atoms with Crippen molar-refractivity contribution in [3.8, 4) is 22.5 Å². The molecule has 0 atom stereocenters. The highest BCUT2D eigenvalue weighted by atomic mass is 35.5. The summed E-state index contributed by atoms with van der Waals surface area (Å²) in [6, 6.07) is 27.2. The lowest BCUT2D eigenvalue weighted by Gasteiger charge is -2.06. The van der Waals surface area contributed by atoms with E-state index in [9.17, 15) is 19.2 Å². The van der Waals surface area contributed by atoms with Gasteiger partial charge in [0.15, 0.2) is 22.8 Å². The second-order valence-electron chi connectivity index (χ2n) is 10.8. The summed E-state index contributed by atoms with van der Waals surface area (Å²) in [4.78, 5) is 51.8. The molecule has 262 valence electrons. The molecule has 0 radical (unpaired) electrons. The molecule has 0 bridgehead atoms. The maximum Gasteiger partial charge on any atom is 0.358 e. The van der Waals surface area contributed by atoms with Gasteiger partial charge in [0, 0.05) is 0 Å². The molecule has 2 N–H and O–H groups in total. The van der Waals surface area contributed by atoms with Gasteiger partial charge in [0.25, 0.3) is 11.1 Å². The Kier molecular flexibility index (Phi) is 10.7. The second-order valence-corrected chi connectivity index (χ2v) is 11.6. The summed E-state index contributed by atoms with van der Waals surface area (Å²) in [5.74, 6) is -1.53. The van der Waals surface area contributed by atoms with Gasteiger partial charge < -0.3 is 9.47 Å². The Labute approximate surface area is 304 Å². The first kappa shape index (κ1) is 35.4. The van der Waals surface area contributed by atoms with Crippen LogP contribution in [-0.2, 0) is 9.47 Å². The van der Waals surface area contributed by atoms with Crippen LogP contribution in [0.1, 0.15) is 34.8 Å². The third-order valence-electron chi connectivity index (χ3n) is 7.46. The number of azo groups is 2. The van der Waals surface area contributed by atoms with Crippen LogP contribution >= 0.6 is 23.2 Å². The molecule has 0 saturated carbocycles. The van der Waals surface area contributed by atoms with Gasteiger partial charge in [-0.2, -0.15) is 0 Å². The number of aromatic amines is 2. The average molecular weight is 740 g/mol. The number of halogens is 2. The quantitative estimate of drug-likeness (QED) is 0.0990. The molecule has 0 unspecified atom stereocenters. The fraction of sp³-hybridized carbons (Fsp3) is 0.111. The number of H-pyrrole nitrogens is 2. The maximum absolute atomic E-state index is 13.3. The Balaban J connectivity index is 1.26. The molecule has 16 heteroatoms. The third kappa shape index (κ3) is 7.38. The van der Waals surface area contributed by atoms with E-state index in [1.54, 1.807) is 111 Å². The summed E-state index contributed by atoms with van der Waals surface area (Å²) in [7, 11) is 0. The molecule has 0 aliphatic carbocycles. The van der Waals surface area contributed by atoms with E-state index >= 15 is 0 Å². The molecule has 0 aliphatic heterocycles. The van der Waals surface area contributed by atoms with Crippen LogP contribution < -0.4 is 11.1 Å². The number of ether oxygens (including phenoxy) is 2. The smallest absolute Gasteiger partial charge is 0.358 e. The van der Waals surface area contributed by atoms with Crippen molar-refractivity contribution in [2.24, 2.45) is 20.5 Å². The minimum atomic E-state index is -0.763. The summed E-state index contributed by atoms with van der Waals surface area (Å²) < 4.78 is 12.6. The van der Waals surface area contributed by atoms with E-state index < -0.39 is 23.1 Å². The van der Waals surface area contributed by atoms with Crippen molar-refractivity contribution in [1.82, 2.24) is 19.6 Å². The van der Waals surface area contributed by atoms with Gasteiger partial charge in [0.2, 0.25) is 0 Å². The fourth-order valence-corrected chi connectivity index (χ4v) is 5.43. The highest BCUT2D eigenvalue weighted by molar-refractivity contribution is 6.34. The van der Waals surface area contributed by atoms with Gasteiger partial charge in [0.1, 0.15) is 11.4 Å². The Bertz CT molecular complexity index is 2280. The predicted octanol–water partition coefficient (Wildman–Crippen LogP) is 8.80. The van der Waals surface area contributed by atoms with Crippen LogP contribution in [0, 0.1) is 0 Å². The minimum Gasteiger partial charge on any atom is -0.461 e. The highest BCUT2D eigenvalue weighted by Gasteiger charge is 2.24. The van der Waals surface area contributed by atoms with Crippen LogP contribution in [-0.4, -0.2) is 44.7 Å². The molecule has 2 aromatic heterocycles. The van der Waals surface area contributed by atoms with Crippen molar-refractivity contribution >= 4 is 57.9 Å². The van der Waals surface area contributed by atoms with E-state index in [4.69, 9.17) is 32.7 Å². The minimum absolute atomic E-state index is 0.0915. The van der Waals surface area contributed by atoms with Crippen molar-refractivity contribution in [3.05, 3.63) is 139 Å². The zero-order chi connectivity index (χ0) is 36.8. The van der Waals surface area contributed by atoms with Crippen LogP contribution in [0.25, 0.3) is 22.5 Å². The molecule has 0 saturated heterocycles. The number of carbonyl (C=O) groups excluding carboxylic acids is 2. The van der Waals surface area contributed by atoms with Crippen LogP contribution in [0.5, 0.6) is 0 Å². The maximum atomic E-state index is 13.3. The molecular weight excluding hydrogens is 711 g/mol. The predicted molar refractivity (Wildman–Crippen MR) is 195 cm³/mol. The Morgan fingerprint density at radius 1 is 0.596 bits per heavy atom. The first-order valence-electron chi connectivity index (χ1n) is 15.8. The number of hydrogen-bond donors (Lipinski definition) is 2. The van der Waals surface area contributed by atoms with Crippen LogP contribution in [0.2, 0.25) is 10.0 Å². The molecule has 6 rings (SSSR count). The summed E-state index contributed by atoms with van der Waals surface area (Å²) in [5, 5.41) is 22.4.